The molecule has 4 nitrogen and oxygen atoms in total. The minimum atomic E-state index is 0. The highest BCUT2D eigenvalue weighted by atomic mass is 35.5. The summed E-state index contributed by atoms with van der Waals surface area (Å²) in [6, 6.07) is 0. The van der Waals surface area contributed by atoms with Gasteiger partial charge in [0.15, 0.2) is 0 Å². The van der Waals surface area contributed by atoms with Gasteiger partial charge in [-0.25, -0.2) is 0 Å². The van der Waals surface area contributed by atoms with Crippen molar-refractivity contribution in [2.45, 2.75) is 46.1 Å². The first-order chi connectivity index (χ1) is 8.85. The number of hydrogen-bond donors (Lipinski definition) is 2. The number of nitrogens with zero attached hydrogens (tertiary/aromatic N) is 1. The molecule has 0 spiro atoms. The largest absolute Gasteiger partial charge is 0.354 e. The lowest BCUT2D eigenvalue weighted by Gasteiger charge is -2.45. The highest BCUT2D eigenvalue weighted by molar-refractivity contribution is 5.85. The van der Waals surface area contributed by atoms with E-state index >= 15 is 0 Å². The smallest absolute Gasteiger partial charge is 0.221 e. The van der Waals surface area contributed by atoms with Crippen LogP contribution in [0.2, 0.25) is 0 Å². The number of halogens is 2. The van der Waals surface area contributed by atoms with Gasteiger partial charge in [-0.2, -0.15) is 0 Å². The van der Waals surface area contributed by atoms with Crippen molar-refractivity contribution in [3.05, 3.63) is 0 Å². The topological polar surface area (TPSA) is 44.4 Å². The molecule has 1 saturated heterocycles. The third kappa shape index (κ3) is 8.24. The first-order valence-electron chi connectivity index (χ1n) is 7.51. The summed E-state index contributed by atoms with van der Waals surface area (Å²) in [6.45, 7) is 12.9. The Hall–Kier alpha value is -0.0300. The SMILES string of the molecule is CNCCC(=O)NCC(C)(C)N1CC(C)CC(C)C1.Cl.Cl. The zero-order valence-electron chi connectivity index (χ0n) is 14.1. The molecule has 0 aromatic carbocycles. The van der Waals surface area contributed by atoms with Gasteiger partial charge >= 0.3 is 0 Å². The average Bonchev–Trinajstić information content (AvgIpc) is 2.32. The van der Waals surface area contributed by atoms with Gasteiger partial charge in [0.1, 0.15) is 0 Å². The number of hydrogen-bond acceptors (Lipinski definition) is 3. The van der Waals surface area contributed by atoms with Gasteiger partial charge < -0.3 is 10.6 Å². The molecule has 1 heterocycles. The molecule has 1 aliphatic heterocycles. The Morgan fingerprint density at radius 3 is 2.19 bits per heavy atom. The predicted octanol–water partition coefficient (Wildman–Crippen LogP) is 2.31. The van der Waals surface area contributed by atoms with Gasteiger partial charge in [-0.3, -0.25) is 9.69 Å². The van der Waals surface area contributed by atoms with Crippen molar-refractivity contribution in [1.29, 1.82) is 0 Å². The minimum absolute atomic E-state index is 0. The molecule has 21 heavy (non-hydrogen) atoms. The molecular formula is C15H33Cl2N3O. The van der Waals surface area contributed by atoms with Crippen LogP contribution in [0.5, 0.6) is 0 Å². The highest BCUT2D eigenvalue weighted by Gasteiger charge is 2.32. The van der Waals surface area contributed by atoms with Crippen LogP contribution in [0.25, 0.3) is 0 Å². The van der Waals surface area contributed by atoms with Crippen LogP contribution >= 0.6 is 24.8 Å². The van der Waals surface area contributed by atoms with Crippen LogP contribution in [0.1, 0.15) is 40.5 Å². The number of likely N-dealkylation sites (tertiary alicyclic amines) is 1. The highest BCUT2D eigenvalue weighted by Crippen LogP contribution is 2.26. The molecule has 0 aromatic rings. The Morgan fingerprint density at radius 1 is 1.19 bits per heavy atom. The van der Waals surface area contributed by atoms with Crippen molar-refractivity contribution in [2.75, 3.05) is 33.2 Å². The molecule has 2 atom stereocenters. The minimum Gasteiger partial charge on any atom is -0.354 e. The number of carbonyl (C=O) groups excluding carboxylic acids is 1. The molecule has 1 amide bonds. The van der Waals surface area contributed by atoms with E-state index in [2.05, 4.69) is 43.2 Å². The zero-order valence-corrected chi connectivity index (χ0v) is 15.7. The van der Waals surface area contributed by atoms with Gasteiger partial charge in [0.05, 0.1) is 0 Å². The molecule has 6 heteroatoms. The van der Waals surface area contributed by atoms with E-state index in [0.29, 0.717) is 6.42 Å². The van der Waals surface area contributed by atoms with Gasteiger partial charge in [-0.15, -0.1) is 24.8 Å². The van der Waals surface area contributed by atoms with Crippen molar-refractivity contribution >= 4 is 30.7 Å². The summed E-state index contributed by atoms with van der Waals surface area (Å²) < 4.78 is 0. The van der Waals surface area contributed by atoms with E-state index in [1.54, 1.807) is 0 Å². The normalized spacial score (nSPS) is 22.9. The number of amides is 1. The zero-order chi connectivity index (χ0) is 14.5. The number of nitrogens with one attached hydrogen (secondary N) is 2. The molecule has 0 radical (unpaired) electrons. The lowest BCUT2D eigenvalue weighted by atomic mass is 9.88. The second kappa shape index (κ2) is 10.7. The van der Waals surface area contributed by atoms with Crippen LogP contribution in [0.4, 0.5) is 0 Å². The summed E-state index contributed by atoms with van der Waals surface area (Å²) in [5, 5.41) is 6.06. The van der Waals surface area contributed by atoms with Gasteiger partial charge in [0.2, 0.25) is 5.91 Å². The first kappa shape index (κ1) is 23.2. The lowest BCUT2D eigenvalue weighted by molar-refractivity contribution is -0.121. The molecule has 128 valence electrons. The summed E-state index contributed by atoms with van der Waals surface area (Å²) in [7, 11) is 1.87. The average molecular weight is 342 g/mol. The number of piperidine rings is 1. The van der Waals surface area contributed by atoms with E-state index in [1.165, 1.54) is 6.42 Å². The van der Waals surface area contributed by atoms with Crippen LogP contribution in [0, 0.1) is 11.8 Å². The summed E-state index contributed by atoms with van der Waals surface area (Å²) in [5.41, 5.74) is 0.0399. The van der Waals surface area contributed by atoms with E-state index in [4.69, 9.17) is 0 Å². The van der Waals surface area contributed by atoms with Gasteiger partial charge in [-0.05, 0) is 39.2 Å². The maximum absolute atomic E-state index is 11.7. The number of rotatable bonds is 6. The fourth-order valence-corrected chi connectivity index (χ4v) is 2.91. The summed E-state index contributed by atoms with van der Waals surface area (Å²) >= 11 is 0. The Kier molecular flexibility index (Phi) is 11.8. The molecule has 1 fully saturated rings. The molecule has 0 saturated carbocycles. The lowest BCUT2D eigenvalue weighted by Crippen LogP contribution is -2.56. The molecule has 1 rings (SSSR count). The quantitative estimate of drug-likeness (QED) is 0.779. The Bertz CT molecular complexity index is 291. The monoisotopic (exact) mass is 341 g/mol. The first-order valence-corrected chi connectivity index (χ1v) is 7.51. The summed E-state index contributed by atoms with van der Waals surface area (Å²) in [4.78, 5) is 14.2. The van der Waals surface area contributed by atoms with Gasteiger partial charge in [0.25, 0.3) is 0 Å². The Balaban J connectivity index is 0. The van der Waals surface area contributed by atoms with Crippen LogP contribution in [-0.2, 0) is 4.79 Å². The van der Waals surface area contributed by atoms with E-state index in [1.807, 2.05) is 7.05 Å². The second-order valence-electron chi connectivity index (χ2n) is 6.79. The predicted molar refractivity (Wildman–Crippen MR) is 94.6 cm³/mol. The molecule has 0 aromatic heterocycles. The standard InChI is InChI=1S/C15H31N3O.2ClH/c1-12-8-13(2)10-18(9-12)15(3,4)11-17-14(19)6-7-16-5;;/h12-13,16H,6-11H2,1-5H3,(H,17,19);2*1H. The Morgan fingerprint density at radius 2 is 1.71 bits per heavy atom. The van der Waals surface area contributed by atoms with Crippen molar-refractivity contribution in [2.24, 2.45) is 11.8 Å². The van der Waals surface area contributed by atoms with Crippen LogP contribution in [0.15, 0.2) is 0 Å². The molecular weight excluding hydrogens is 309 g/mol. The van der Waals surface area contributed by atoms with E-state index in [9.17, 15) is 4.79 Å². The van der Waals surface area contributed by atoms with E-state index in [-0.39, 0.29) is 36.3 Å². The molecule has 2 N–H and O–H groups in total. The molecule has 0 bridgehead atoms. The van der Waals surface area contributed by atoms with Crippen LogP contribution < -0.4 is 10.6 Å². The van der Waals surface area contributed by atoms with E-state index in [0.717, 1.165) is 38.0 Å². The van der Waals surface area contributed by atoms with Crippen molar-refractivity contribution in [1.82, 2.24) is 15.5 Å². The summed E-state index contributed by atoms with van der Waals surface area (Å²) in [5.74, 6) is 1.64. The molecule has 0 aliphatic carbocycles. The summed E-state index contributed by atoms with van der Waals surface area (Å²) in [6.07, 6.45) is 1.88. The fourth-order valence-electron chi connectivity index (χ4n) is 2.91. The maximum Gasteiger partial charge on any atom is 0.221 e. The van der Waals surface area contributed by atoms with Crippen LogP contribution in [0.3, 0.4) is 0 Å². The third-order valence-corrected chi connectivity index (χ3v) is 4.05. The molecule has 1 aliphatic rings. The van der Waals surface area contributed by atoms with Crippen LogP contribution in [-0.4, -0.2) is 49.6 Å². The van der Waals surface area contributed by atoms with Crippen molar-refractivity contribution in [3.63, 3.8) is 0 Å². The fraction of sp³-hybridized carbons (Fsp3) is 0.933. The van der Waals surface area contributed by atoms with Crippen molar-refractivity contribution in [3.8, 4) is 0 Å². The van der Waals surface area contributed by atoms with Gasteiger partial charge in [-0.1, -0.05) is 13.8 Å². The third-order valence-electron chi connectivity index (χ3n) is 4.05. The molecule has 2 unspecified atom stereocenters. The van der Waals surface area contributed by atoms with E-state index < -0.39 is 0 Å². The number of carbonyl (C=O) groups is 1. The van der Waals surface area contributed by atoms with Crippen molar-refractivity contribution < 1.29 is 4.79 Å². The second-order valence-corrected chi connectivity index (χ2v) is 6.79. The van der Waals surface area contributed by atoms with Gasteiger partial charge in [0, 0.05) is 38.1 Å². The Labute approximate surface area is 142 Å². The maximum atomic E-state index is 11.7.